The third-order valence-electron chi connectivity index (χ3n) is 3.28. The summed E-state index contributed by atoms with van der Waals surface area (Å²) < 4.78 is 0. The van der Waals surface area contributed by atoms with Crippen molar-refractivity contribution in [2.75, 3.05) is 32.9 Å². The zero-order chi connectivity index (χ0) is 17.0. The SMILES string of the molecule is CNCCNC(=O)[C@H](CC(N)=O)N(C)C(=O)CCCCCS. The van der Waals surface area contributed by atoms with E-state index in [9.17, 15) is 14.4 Å². The normalized spacial score (nSPS) is 11.8. The van der Waals surface area contributed by atoms with Gasteiger partial charge in [0.1, 0.15) is 6.04 Å². The van der Waals surface area contributed by atoms with E-state index in [0.717, 1.165) is 25.0 Å². The number of amides is 3. The van der Waals surface area contributed by atoms with E-state index in [2.05, 4.69) is 23.3 Å². The molecule has 22 heavy (non-hydrogen) atoms. The number of rotatable bonds is 12. The number of primary amides is 1. The van der Waals surface area contributed by atoms with E-state index in [4.69, 9.17) is 5.73 Å². The number of nitrogens with two attached hydrogens (primary N) is 1. The van der Waals surface area contributed by atoms with Crippen LogP contribution >= 0.6 is 12.6 Å². The second kappa shape index (κ2) is 12.3. The van der Waals surface area contributed by atoms with E-state index >= 15 is 0 Å². The van der Waals surface area contributed by atoms with Crippen LogP contribution in [0.15, 0.2) is 0 Å². The van der Waals surface area contributed by atoms with Crippen molar-refractivity contribution in [2.24, 2.45) is 5.73 Å². The molecule has 0 aromatic rings. The number of likely N-dealkylation sites (N-methyl/N-ethyl adjacent to an activating group) is 2. The summed E-state index contributed by atoms with van der Waals surface area (Å²) in [6.07, 6.45) is 2.79. The molecule has 0 rings (SSSR count). The van der Waals surface area contributed by atoms with Crippen molar-refractivity contribution >= 4 is 30.4 Å². The molecule has 0 radical (unpaired) electrons. The fourth-order valence-electron chi connectivity index (χ4n) is 1.94. The van der Waals surface area contributed by atoms with Crippen LogP contribution in [0.3, 0.4) is 0 Å². The lowest BCUT2D eigenvalue weighted by molar-refractivity contribution is -0.140. The Balaban J connectivity index is 4.54. The van der Waals surface area contributed by atoms with E-state index in [-0.39, 0.29) is 18.2 Å². The molecule has 4 N–H and O–H groups in total. The van der Waals surface area contributed by atoms with E-state index in [0.29, 0.717) is 19.5 Å². The number of nitrogens with one attached hydrogen (secondary N) is 2. The molecule has 128 valence electrons. The molecular weight excluding hydrogens is 304 g/mol. The van der Waals surface area contributed by atoms with Crippen LogP contribution in [0, 0.1) is 0 Å². The zero-order valence-electron chi connectivity index (χ0n) is 13.4. The molecule has 0 aliphatic heterocycles. The Bertz CT molecular complexity index is 366. The van der Waals surface area contributed by atoms with Crippen molar-refractivity contribution in [3.05, 3.63) is 0 Å². The van der Waals surface area contributed by atoms with Crippen LogP contribution in [0.25, 0.3) is 0 Å². The fraction of sp³-hybridized carbons (Fsp3) is 0.786. The van der Waals surface area contributed by atoms with Gasteiger partial charge in [0.25, 0.3) is 0 Å². The summed E-state index contributed by atoms with van der Waals surface area (Å²) in [4.78, 5) is 36.7. The largest absolute Gasteiger partial charge is 0.370 e. The van der Waals surface area contributed by atoms with Gasteiger partial charge in [0.05, 0.1) is 6.42 Å². The smallest absolute Gasteiger partial charge is 0.243 e. The van der Waals surface area contributed by atoms with Crippen LogP contribution in [0.5, 0.6) is 0 Å². The van der Waals surface area contributed by atoms with Gasteiger partial charge in [-0.05, 0) is 25.6 Å². The molecule has 0 aliphatic rings. The summed E-state index contributed by atoms with van der Waals surface area (Å²) in [7, 11) is 3.31. The second-order valence-corrected chi connectivity index (χ2v) is 5.57. The molecule has 1 atom stereocenters. The van der Waals surface area contributed by atoms with Crippen molar-refractivity contribution < 1.29 is 14.4 Å². The quantitative estimate of drug-likeness (QED) is 0.286. The minimum Gasteiger partial charge on any atom is -0.370 e. The first-order chi connectivity index (χ1) is 10.4. The van der Waals surface area contributed by atoms with Gasteiger partial charge in [0.2, 0.25) is 17.7 Å². The lowest BCUT2D eigenvalue weighted by atomic mass is 10.1. The van der Waals surface area contributed by atoms with Crippen LogP contribution < -0.4 is 16.4 Å². The maximum atomic E-state index is 12.1. The van der Waals surface area contributed by atoms with Crippen LogP contribution in [-0.4, -0.2) is 61.6 Å². The minimum atomic E-state index is -0.855. The Labute approximate surface area is 137 Å². The summed E-state index contributed by atoms with van der Waals surface area (Å²) >= 11 is 4.12. The summed E-state index contributed by atoms with van der Waals surface area (Å²) in [6, 6.07) is -0.855. The standard InChI is InChI=1S/C14H28N4O3S/c1-16-7-8-17-14(21)11(10-12(15)19)18(2)13(20)6-4-3-5-9-22/h11,16,22H,3-10H2,1-2H3,(H2,15,19)(H,17,21)/t11-/m0/s1. The molecule has 0 aromatic heterocycles. The van der Waals surface area contributed by atoms with Gasteiger partial charge < -0.3 is 21.3 Å². The molecule has 0 unspecified atom stereocenters. The van der Waals surface area contributed by atoms with Crippen molar-refractivity contribution in [1.82, 2.24) is 15.5 Å². The molecule has 0 fully saturated rings. The average molecular weight is 332 g/mol. The number of carbonyl (C=O) groups excluding carboxylic acids is 3. The maximum Gasteiger partial charge on any atom is 0.243 e. The van der Waals surface area contributed by atoms with Crippen molar-refractivity contribution in [2.45, 2.75) is 38.1 Å². The maximum absolute atomic E-state index is 12.1. The Kier molecular flexibility index (Phi) is 11.6. The summed E-state index contributed by atoms with van der Waals surface area (Å²) in [5.41, 5.74) is 5.19. The molecule has 0 aromatic carbocycles. The monoisotopic (exact) mass is 332 g/mol. The van der Waals surface area contributed by atoms with Gasteiger partial charge in [0.15, 0.2) is 0 Å². The highest BCUT2D eigenvalue weighted by Crippen LogP contribution is 2.08. The van der Waals surface area contributed by atoms with Crippen LogP contribution in [0.1, 0.15) is 32.1 Å². The third-order valence-corrected chi connectivity index (χ3v) is 3.60. The predicted octanol–water partition coefficient (Wildman–Crippen LogP) is -0.485. The van der Waals surface area contributed by atoms with Gasteiger partial charge in [-0.1, -0.05) is 6.42 Å². The van der Waals surface area contributed by atoms with Gasteiger partial charge in [-0.3, -0.25) is 14.4 Å². The van der Waals surface area contributed by atoms with Crippen LogP contribution in [0.2, 0.25) is 0 Å². The highest BCUT2D eigenvalue weighted by molar-refractivity contribution is 7.80. The minimum absolute atomic E-state index is 0.158. The second-order valence-electron chi connectivity index (χ2n) is 5.12. The highest BCUT2D eigenvalue weighted by atomic mass is 32.1. The molecule has 0 saturated heterocycles. The summed E-state index contributed by atoms with van der Waals surface area (Å²) in [5, 5.41) is 5.59. The first kappa shape index (κ1) is 20.7. The van der Waals surface area contributed by atoms with Crippen LogP contribution in [-0.2, 0) is 14.4 Å². The van der Waals surface area contributed by atoms with Crippen LogP contribution in [0.4, 0.5) is 0 Å². The molecule has 8 heteroatoms. The zero-order valence-corrected chi connectivity index (χ0v) is 14.3. The number of unbranched alkanes of at least 4 members (excludes halogenated alkanes) is 2. The van der Waals surface area contributed by atoms with Gasteiger partial charge in [-0.2, -0.15) is 12.6 Å². The Morgan fingerprint density at radius 1 is 1.18 bits per heavy atom. The number of hydrogen-bond donors (Lipinski definition) is 4. The van der Waals surface area contributed by atoms with E-state index in [1.54, 1.807) is 7.05 Å². The lowest BCUT2D eigenvalue weighted by Gasteiger charge is -2.26. The number of carbonyl (C=O) groups is 3. The first-order valence-corrected chi connectivity index (χ1v) is 8.14. The van der Waals surface area contributed by atoms with Crippen molar-refractivity contribution in [1.29, 1.82) is 0 Å². The summed E-state index contributed by atoms with van der Waals surface area (Å²) in [6.45, 7) is 1.03. The number of nitrogens with zero attached hydrogens (tertiary/aromatic N) is 1. The van der Waals surface area contributed by atoms with Gasteiger partial charge >= 0.3 is 0 Å². The molecule has 7 nitrogen and oxygen atoms in total. The molecule has 0 bridgehead atoms. The summed E-state index contributed by atoms with van der Waals surface area (Å²) in [5.74, 6) is -0.333. The van der Waals surface area contributed by atoms with Gasteiger partial charge in [-0.25, -0.2) is 0 Å². The Morgan fingerprint density at radius 2 is 1.86 bits per heavy atom. The molecule has 0 saturated carbocycles. The first-order valence-electron chi connectivity index (χ1n) is 7.51. The van der Waals surface area contributed by atoms with Crippen molar-refractivity contribution in [3.8, 4) is 0 Å². The average Bonchev–Trinajstić information content (AvgIpc) is 2.48. The number of thiol groups is 1. The van der Waals surface area contributed by atoms with Crippen molar-refractivity contribution in [3.63, 3.8) is 0 Å². The number of hydrogen-bond acceptors (Lipinski definition) is 5. The Hall–Kier alpha value is -1.28. The molecule has 0 aliphatic carbocycles. The van der Waals surface area contributed by atoms with E-state index < -0.39 is 11.9 Å². The van der Waals surface area contributed by atoms with E-state index in [1.807, 2.05) is 0 Å². The van der Waals surface area contributed by atoms with Gasteiger partial charge in [-0.15, -0.1) is 0 Å². The molecule has 3 amide bonds. The fourth-order valence-corrected chi connectivity index (χ4v) is 2.16. The highest BCUT2D eigenvalue weighted by Gasteiger charge is 2.27. The predicted molar refractivity (Wildman–Crippen MR) is 89.6 cm³/mol. The Morgan fingerprint density at radius 3 is 2.41 bits per heavy atom. The molecule has 0 spiro atoms. The third kappa shape index (κ3) is 8.89. The lowest BCUT2D eigenvalue weighted by Crippen LogP contribution is -2.50. The topological polar surface area (TPSA) is 105 Å². The molecule has 0 heterocycles. The van der Waals surface area contributed by atoms with Gasteiger partial charge in [0, 0.05) is 26.6 Å². The van der Waals surface area contributed by atoms with E-state index in [1.165, 1.54) is 11.9 Å². The molecular formula is C14H28N4O3S.